The molecule has 0 saturated heterocycles. The number of ether oxygens (including phenoxy) is 2. The van der Waals surface area contributed by atoms with Gasteiger partial charge in [0.15, 0.2) is 11.5 Å². The van der Waals surface area contributed by atoms with Gasteiger partial charge in [-0.15, -0.1) is 0 Å². The number of aromatic amines is 1. The summed E-state index contributed by atoms with van der Waals surface area (Å²) in [6, 6.07) is 23.7. The van der Waals surface area contributed by atoms with Crippen molar-refractivity contribution >= 4 is 22.5 Å². The maximum atomic E-state index is 13.4. The highest BCUT2D eigenvalue weighted by Gasteiger charge is 2.20. The van der Waals surface area contributed by atoms with E-state index in [1.54, 1.807) is 0 Å². The third-order valence-electron chi connectivity index (χ3n) is 5.33. The lowest BCUT2D eigenvalue weighted by Crippen LogP contribution is -2.31. The predicted octanol–water partition coefficient (Wildman–Crippen LogP) is 4.72. The van der Waals surface area contributed by atoms with Crippen molar-refractivity contribution in [1.82, 2.24) is 4.98 Å². The number of amides is 1. The summed E-state index contributed by atoms with van der Waals surface area (Å²) in [6.07, 6.45) is 2.25. The number of H-pyrrole nitrogens is 1. The third-order valence-corrected chi connectivity index (χ3v) is 5.33. The molecule has 3 aromatic carbocycles. The molecule has 0 bridgehead atoms. The number of hydrogen-bond donors (Lipinski definition) is 1. The van der Waals surface area contributed by atoms with Gasteiger partial charge >= 0.3 is 0 Å². The topological polar surface area (TPSA) is 54.6 Å². The number of para-hydroxylation sites is 2. The molecule has 30 heavy (non-hydrogen) atoms. The second kappa shape index (κ2) is 7.95. The van der Waals surface area contributed by atoms with Crippen LogP contribution in [-0.4, -0.2) is 24.1 Å². The molecule has 1 amide bonds. The number of anilines is 1. The Kier molecular flexibility index (Phi) is 4.85. The van der Waals surface area contributed by atoms with Gasteiger partial charge in [0.1, 0.15) is 13.2 Å². The number of nitrogens with zero attached hydrogens (tertiary/aromatic N) is 1. The van der Waals surface area contributed by atoms with Gasteiger partial charge in [0.2, 0.25) is 5.91 Å². The van der Waals surface area contributed by atoms with Gasteiger partial charge in [0.05, 0.1) is 13.0 Å². The molecule has 150 valence electrons. The number of rotatable bonds is 5. The molecule has 2 heterocycles. The van der Waals surface area contributed by atoms with Crippen LogP contribution in [0.3, 0.4) is 0 Å². The normalized spacial score (nSPS) is 12.7. The van der Waals surface area contributed by atoms with Crippen LogP contribution < -0.4 is 14.4 Å². The van der Waals surface area contributed by atoms with Gasteiger partial charge in [0, 0.05) is 22.8 Å². The van der Waals surface area contributed by atoms with E-state index >= 15 is 0 Å². The van der Waals surface area contributed by atoms with Crippen molar-refractivity contribution in [2.75, 3.05) is 18.1 Å². The van der Waals surface area contributed by atoms with Crippen LogP contribution in [-0.2, 0) is 17.8 Å². The van der Waals surface area contributed by atoms with Crippen molar-refractivity contribution in [3.8, 4) is 11.5 Å². The van der Waals surface area contributed by atoms with Gasteiger partial charge in [-0.25, -0.2) is 0 Å². The van der Waals surface area contributed by atoms with E-state index in [4.69, 9.17) is 9.47 Å². The number of nitrogens with one attached hydrogen (secondary N) is 1. The lowest BCUT2D eigenvalue weighted by Gasteiger charge is -2.24. The quantitative estimate of drug-likeness (QED) is 0.529. The number of carbonyl (C=O) groups is 1. The Morgan fingerprint density at radius 2 is 1.67 bits per heavy atom. The molecule has 0 atom stereocenters. The van der Waals surface area contributed by atoms with Gasteiger partial charge in [-0.05, 0) is 41.5 Å². The fraction of sp³-hybridized carbons (Fsp3) is 0.160. The molecule has 0 saturated carbocycles. The molecular weight excluding hydrogens is 376 g/mol. The zero-order valence-corrected chi connectivity index (χ0v) is 16.5. The molecular formula is C25H22N2O3. The number of fused-ring (bicyclic) bond motifs is 2. The second-order valence-corrected chi connectivity index (χ2v) is 7.33. The summed E-state index contributed by atoms with van der Waals surface area (Å²) in [5.41, 5.74) is 3.91. The Morgan fingerprint density at radius 1 is 0.900 bits per heavy atom. The minimum absolute atomic E-state index is 0.0424. The maximum absolute atomic E-state index is 13.4. The molecule has 0 fully saturated rings. The zero-order valence-electron chi connectivity index (χ0n) is 16.5. The van der Waals surface area contributed by atoms with E-state index in [0.717, 1.165) is 39.2 Å². The van der Waals surface area contributed by atoms with Crippen molar-refractivity contribution < 1.29 is 14.3 Å². The Bertz CT molecular complexity index is 1180. The highest BCUT2D eigenvalue weighted by molar-refractivity contribution is 5.97. The molecule has 5 nitrogen and oxygen atoms in total. The van der Waals surface area contributed by atoms with Crippen LogP contribution in [0, 0.1) is 0 Å². The van der Waals surface area contributed by atoms with E-state index in [2.05, 4.69) is 4.98 Å². The molecule has 1 aliphatic rings. The van der Waals surface area contributed by atoms with Crippen molar-refractivity contribution in [2.24, 2.45) is 0 Å². The summed E-state index contributed by atoms with van der Waals surface area (Å²) in [6.45, 7) is 1.56. The van der Waals surface area contributed by atoms with E-state index in [0.29, 0.717) is 26.2 Å². The monoisotopic (exact) mass is 398 g/mol. The molecule has 0 unspecified atom stereocenters. The van der Waals surface area contributed by atoms with Crippen LogP contribution in [0.25, 0.3) is 10.9 Å². The predicted molar refractivity (Wildman–Crippen MR) is 117 cm³/mol. The molecule has 5 heteroatoms. The van der Waals surface area contributed by atoms with Crippen LogP contribution in [0.15, 0.2) is 79.0 Å². The third kappa shape index (κ3) is 3.62. The molecule has 1 aromatic heterocycles. The zero-order chi connectivity index (χ0) is 20.3. The molecule has 0 spiro atoms. The number of benzene rings is 3. The largest absolute Gasteiger partial charge is 0.486 e. The summed E-state index contributed by atoms with van der Waals surface area (Å²) < 4.78 is 11.3. The summed E-state index contributed by atoms with van der Waals surface area (Å²) >= 11 is 0. The fourth-order valence-electron chi connectivity index (χ4n) is 3.84. The summed E-state index contributed by atoms with van der Waals surface area (Å²) in [4.78, 5) is 18.5. The van der Waals surface area contributed by atoms with Gasteiger partial charge in [-0.2, -0.15) is 0 Å². The number of aromatic nitrogens is 1. The molecule has 0 aliphatic carbocycles. The highest BCUT2D eigenvalue weighted by atomic mass is 16.6. The summed E-state index contributed by atoms with van der Waals surface area (Å²) in [5, 5.41) is 1.08. The first-order valence-corrected chi connectivity index (χ1v) is 10.1. The maximum Gasteiger partial charge on any atom is 0.231 e. The van der Waals surface area contributed by atoms with E-state index in [1.807, 2.05) is 83.9 Å². The fourth-order valence-corrected chi connectivity index (χ4v) is 3.84. The van der Waals surface area contributed by atoms with Gasteiger partial charge < -0.3 is 19.4 Å². The van der Waals surface area contributed by atoms with Crippen LogP contribution in [0.4, 0.5) is 5.69 Å². The van der Waals surface area contributed by atoms with Gasteiger partial charge in [0.25, 0.3) is 0 Å². The Labute approximate surface area is 174 Å². The Balaban J connectivity index is 1.44. The van der Waals surface area contributed by atoms with E-state index in [-0.39, 0.29) is 5.91 Å². The van der Waals surface area contributed by atoms with Crippen molar-refractivity contribution in [3.05, 3.63) is 90.1 Å². The number of carbonyl (C=O) groups excluding carboxylic acids is 1. The molecule has 1 N–H and O–H groups in total. The first kappa shape index (κ1) is 18.3. The van der Waals surface area contributed by atoms with Crippen LogP contribution in [0.2, 0.25) is 0 Å². The smallest absolute Gasteiger partial charge is 0.231 e. The second-order valence-electron chi connectivity index (χ2n) is 7.33. The van der Waals surface area contributed by atoms with E-state index in [9.17, 15) is 4.79 Å². The highest BCUT2D eigenvalue weighted by Crippen LogP contribution is 2.32. The lowest BCUT2D eigenvalue weighted by molar-refractivity contribution is -0.118. The summed E-state index contributed by atoms with van der Waals surface area (Å²) in [7, 11) is 0. The molecule has 4 aromatic rings. The molecule has 5 rings (SSSR count). The molecule has 0 radical (unpaired) electrons. The van der Waals surface area contributed by atoms with Gasteiger partial charge in [-0.3, -0.25) is 4.79 Å². The first-order chi connectivity index (χ1) is 14.8. The van der Waals surface area contributed by atoms with E-state index < -0.39 is 0 Å². The summed E-state index contributed by atoms with van der Waals surface area (Å²) in [5.74, 6) is 1.53. The van der Waals surface area contributed by atoms with Gasteiger partial charge in [-0.1, -0.05) is 42.5 Å². The average Bonchev–Trinajstić information content (AvgIpc) is 3.20. The van der Waals surface area contributed by atoms with Crippen LogP contribution in [0.1, 0.15) is 11.1 Å². The molecule has 1 aliphatic heterocycles. The van der Waals surface area contributed by atoms with Crippen molar-refractivity contribution in [3.63, 3.8) is 0 Å². The Morgan fingerprint density at radius 3 is 2.53 bits per heavy atom. The van der Waals surface area contributed by atoms with Crippen molar-refractivity contribution in [1.29, 1.82) is 0 Å². The van der Waals surface area contributed by atoms with Crippen LogP contribution in [0.5, 0.6) is 11.5 Å². The minimum atomic E-state index is 0.0424. The Hall–Kier alpha value is -3.73. The average molecular weight is 398 g/mol. The standard InChI is InChI=1S/C25H22N2O3/c28-25(15-19-16-26-22-9-5-4-8-21(19)22)27(20-6-2-1-3-7-20)17-18-10-11-23-24(14-18)30-13-12-29-23/h1-11,14,16,26H,12-13,15,17H2. The van der Waals surface area contributed by atoms with Crippen LogP contribution >= 0.6 is 0 Å². The minimum Gasteiger partial charge on any atom is -0.486 e. The SMILES string of the molecule is O=C(Cc1c[nH]c2ccccc12)N(Cc1ccc2c(c1)OCCO2)c1ccccc1. The first-order valence-electron chi connectivity index (χ1n) is 10.1. The van der Waals surface area contributed by atoms with Crippen molar-refractivity contribution in [2.45, 2.75) is 13.0 Å². The number of hydrogen-bond acceptors (Lipinski definition) is 3. The lowest BCUT2D eigenvalue weighted by atomic mass is 10.1. The van der Waals surface area contributed by atoms with E-state index in [1.165, 1.54) is 0 Å².